The first-order chi connectivity index (χ1) is 14.6. The van der Waals surface area contributed by atoms with E-state index < -0.39 is 0 Å². The molecule has 3 aromatic rings. The average molecular weight is 443 g/mol. The van der Waals surface area contributed by atoms with E-state index in [0.717, 1.165) is 46.5 Å². The highest BCUT2D eigenvalue weighted by atomic mass is 35.5. The zero-order valence-electron chi connectivity index (χ0n) is 17.0. The summed E-state index contributed by atoms with van der Waals surface area (Å²) < 4.78 is 13.1. The number of aryl methyl sites for hydroxylation is 1. The molecule has 1 heterocycles. The van der Waals surface area contributed by atoms with Crippen LogP contribution in [0.1, 0.15) is 30.7 Å². The van der Waals surface area contributed by atoms with E-state index in [1.165, 1.54) is 0 Å². The number of unbranched alkanes of at least 4 members (excludes halogenated alkanes) is 2. The first-order valence-corrected chi connectivity index (χ1v) is 11.0. The van der Waals surface area contributed by atoms with Crippen molar-refractivity contribution in [3.05, 3.63) is 58.9 Å². The molecule has 0 saturated heterocycles. The van der Waals surface area contributed by atoms with Crippen molar-refractivity contribution in [2.75, 3.05) is 12.9 Å². The van der Waals surface area contributed by atoms with E-state index in [-0.39, 0.29) is 6.61 Å². The van der Waals surface area contributed by atoms with Crippen LogP contribution >= 0.6 is 23.4 Å². The van der Waals surface area contributed by atoms with Crippen molar-refractivity contribution in [2.45, 2.75) is 37.9 Å². The van der Waals surface area contributed by atoms with Gasteiger partial charge in [-0.2, -0.15) is 5.26 Å². The predicted molar refractivity (Wildman–Crippen MR) is 119 cm³/mol. The largest absolute Gasteiger partial charge is 0.497 e. The fourth-order valence-electron chi connectivity index (χ4n) is 2.76. The Hall–Kier alpha value is -2.69. The number of thioether (sulfide) groups is 1. The molecule has 0 unspecified atom stereocenters. The molecule has 0 atom stereocenters. The Morgan fingerprint density at radius 3 is 2.57 bits per heavy atom. The maximum Gasteiger partial charge on any atom is 0.195 e. The third-order valence-electron chi connectivity index (χ3n) is 4.46. The first-order valence-electron chi connectivity index (χ1n) is 9.60. The molecule has 0 saturated carbocycles. The number of methoxy groups -OCH3 is 1. The van der Waals surface area contributed by atoms with E-state index in [9.17, 15) is 0 Å². The van der Waals surface area contributed by atoms with Crippen molar-refractivity contribution in [3.8, 4) is 23.3 Å². The summed E-state index contributed by atoms with van der Waals surface area (Å²) in [5.74, 6) is 3.04. The number of nitriles is 1. The SMILES string of the molecule is COc1ccc(OCc2nnc(SCCCCC#N)n2-c2ccc(C)c(Cl)c2)cc1. The molecule has 156 valence electrons. The number of aromatic nitrogens is 3. The zero-order chi connectivity index (χ0) is 21.3. The van der Waals surface area contributed by atoms with Crippen LogP contribution < -0.4 is 9.47 Å². The highest BCUT2D eigenvalue weighted by molar-refractivity contribution is 7.99. The smallest absolute Gasteiger partial charge is 0.195 e. The molecule has 0 fully saturated rings. The molecular weight excluding hydrogens is 420 g/mol. The minimum atomic E-state index is 0.264. The second-order valence-electron chi connectivity index (χ2n) is 6.60. The van der Waals surface area contributed by atoms with Gasteiger partial charge in [-0.1, -0.05) is 29.4 Å². The Bertz CT molecular complexity index is 1010. The molecule has 0 aliphatic carbocycles. The van der Waals surface area contributed by atoms with Gasteiger partial charge in [0.1, 0.15) is 18.1 Å². The molecule has 0 amide bonds. The summed E-state index contributed by atoms with van der Waals surface area (Å²) in [4.78, 5) is 0. The summed E-state index contributed by atoms with van der Waals surface area (Å²) in [7, 11) is 1.63. The van der Waals surface area contributed by atoms with E-state index in [2.05, 4.69) is 16.3 Å². The number of hydrogen-bond donors (Lipinski definition) is 0. The molecule has 1 aromatic heterocycles. The average Bonchev–Trinajstić information content (AvgIpc) is 3.17. The summed E-state index contributed by atoms with van der Waals surface area (Å²) in [6, 6.07) is 15.5. The Kier molecular flexibility index (Phi) is 8.00. The lowest BCUT2D eigenvalue weighted by Crippen LogP contribution is -2.07. The van der Waals surface area contributed by atoms with Crippen LogP contribution in [0.4, 0.5) is 0 Å². The number of benzene rings is 2. The van der Waals surface area contributed by atoms with Gasteiger partial charge in [0.25, 0.3) is 0 Å². The molecular formula is C22H23ClN4O2S. The minimum Gasteiger partial charge on any atom is -0.497 e. The van der Waals surface area contributed by atoms with Gasteiger partial charge in [-0.15, -0.1) is 10.2 Å². The van der Waals surface area contributed by atoms with Crippen LogP contribution in [0.25, 0.3) is 5.69 Å². The second kappa shape index (κ2) is 10.9. The van der Waals surface area contributed by atoms with Gasteiger partial charge in [-0.25, -0.2) is 0 Å². The van der Waals surface area contributed by atoms with Gasteiger partial charge < -0.3 is 9.47 Å². The third kappa shape index (κ3) is 5.68. The summed E-state index contributed by atoms with van der Waals surface area (Å²) in [5.41, 5.74) is 1.90. The van der Waals surface area contributed by atoms with Gasteiger partial charge in [0.2, 0.25) is 0 Å². The third-order valence-corrected chi connectivity index (χ3v) is 5.88. The second-order valence-corrected chi connectivity index (χ2v) is 8.06. The Morgan fingerprint density at radius 1 is 1.10 bits per heavy atom. The van der Waals surface area contributed by atoms with Gasteiger partial charge in [-0.3, -0.25) is 4.57 Å². The number of nitrogens with zero attached hydrogens (tertiary/aromatic N) is 4. The molecule has 6 nitrogen and oxygen atoms in total. The van der Waals surface area contributed by atoms with Crippen molar-refractivity contribution >= 4 is 23.4 Å². The van der Waals surface area contributed by atoms with Crippen LogP contribution in [-0.4, -0.2) is 27.6 Å². The highest BCUT2D eigenvalue weighted by Crippen LogP contribution is 2.27. The zero-order valence-corrected chi connectivity index (χ0v) is 18.5. The van der Waals surface area contributed by atoms with E-state index in [1.54, 1.807) is 18.9 Å². The number of hydrogen-bond acceptors (Lipinski definition) is 6. The van der Waals surface area contributed by atoms with Crippen molar-refractivity contribution in [1.82, 2.24) is 14.8 Å². The van der Waals surface area contributed by atoms with Gasteiger partial charge in [-0.05, 0) is 61.7 Å². The maximum atomic E-state index is 8.69. The lowest BCUT2D eigenvalue weighted by Gasteiger charge is -2.12. The predicted octanol–water partition coefficient (Wildman–Crippen LogP) is 5.60. The van der Waals surface area contributed by atoms with E-state index in [0.29, 0.717) is 17.3 Å². The Labute approximate surface area is 185 Å². The van der Waals surface area contributed by atoms with E-state index in [1.807, 2.05) is 54.0 Å². The molecule has 0 spiro atoms. The number of ether oxygens (including phenoxy) is 2. The molecule has 0 aliphatic rings. The van der Waals surface area contributed by atoms with Gasteiger partial charge in [0.05, 0.1) is 18.9 Å². The molecule has 2 aromatic carbocycles. The molecule has 8 heteroatoms. The summed E-state index contributed by atoms with van der Waals surface area (Å²) >= 11 is 7.98. The van der Waals surface area contributed by atoms with Crippen LogP contribution in [0.5, 0.6) is 11.5 Å². The fourth-order valence-corrected chi connectivity index (χ4v) is 3.90. The molecule has 0 bridgehead atoms. The van der Waals surface area contributed by atoms with Crippen LogP contribution in [0, 0.1) is 18.3 Å². The summed E-state index contributed by atoms with van der Waals surface area (Å²) in [6.45, 7) is 2.23. The van der Waals surface area contributed by atoms with Crippen LogP contribution in [-0.2, 0) is 6.61 Å². The van der Waals surface area contributed by atoms with Gasteiger partial charge >= 0.3 is 0 Å². The topological polar surface area (TPSA) is 73.0 Å². The maximum absolute atomic E-state index is 8.69. The minimum absolute atomic E-state index is 0.264. The fraction of sp³-hybridized carbons (Fsp3) is 0.318. The van der Waals surface area contributed by atoms with Crippen molar-refractivity contribution < 1.29 is 9.47 Å². The first kappa shape index (κ1) is 22.0. The summed E-state index contributed by atoms with van der Waals surface area (Å²) in [6.07, 6.45) is 2.39. The van der Waals surface area contributed by atoms with E-state index in [4.69, 9.17) is 26.3 Å². The quantitative estimate of drug-likeness (QED) is 0.300. The monoisotopic (exact) mass is 442 g/mol. The standard InChI is InChI=1S/C22H23ClN4O2S/c1-16-6-7-17(14-20(16)23)27-21(15-29-19-10-8-18(28-2)9-11-19)25-26-22(27)30-13-5-3-4-12-24/h6-11,14H,3-5,13,15H2,1-2H3. The van der Waals surface area contributed by atoms with Gasteiger partial charge in [0, 0.05) is 17.2 Å². The summed E-state index contributed by atoms with van der Waals surface area (Å²) in [5, 5.41) is 18.9. The molecule has 0 radical (unpaired) electrons. The van der Waals surface area contributed by atoms with Crippen LogP contribution in [0.15, 0.2) is 47.6 Å². The van der Waals surface area contributed by atoms with Crippen LogP contribution in [0.2, 0.25) is 5.02 Å². The normalized spacial score (nSPS) is 10.6. The van der Waals surface area contributed by atoms with Crippen molar-refractivity contribution in [2.24, 2.45) is 0 Å². The Morgan fingerprint density at radius 2 is 1.87 bits per heavy atom. The lowest BCUT2D eigenvalue weighted by atomic mass is 10.2. The molecule has 30 heavy (non-hydrogen) atoms. The number of rotatable bonds is 10. The lowest BCUT2D eigenvalue weighted by molar-refractivity contribution is 0.292. The van der Waals surface area contributed by atoms with Crippen molar-refractivity contribution in [3.63, 3.8) is 0 Å². The van der Waals surface area contributed by atoms with E-state index >= 15 is 0 Å². The highest BCUT2D eigenvalue weighted by Gasteiger charge is 2.16. The molecule has 0 aliphatic heterocycles. The molecule has 3 rings (SSSR count). The van der Waals surface area contributed by atoms with Gasteiger partial charge in [0.15, 0.2) is 11.0 Å². The number of halogens is 1. The Balaban J connectivity index is 1.80. The molecule has 0 N–H and O–H groups in total. The van der Waals surface area contributed by atoms with Crippen LogP contribution in [0.3, 0.4) is 0 Å². The van der Waals surface area contributed by atoms with Crippen molar-refractivity contribution in [1.29, 1.82) is 5.26 Å².